The molecule has 2 aliphatic rings. The maximum absolute atomic E-state index is 2.57. The summed E-state index contributed by atoms with van der Waals surface area (Å²) in [6, 6.07) is 120. The number of hydrogen-bond acceptors (Lipinski definition) is 2. The molecule has 2 aliphatic heterocycles. The molecule has 0 radical (unpaired) electrons. The van der Waals surface area contributed by atoms with Gasteiger partial charge in [0.15, 0.2) is 0 Å². The molecule has 91 heavy (non-hydrogen) atoms. The third kappa shape index (κ3) is 7.20. The van der Waals surface area contributed by atoms with E-state index in [-0.39, 0.29) is 6.71 Å². The molecule has 0 bridgehead atoms. The fraction of sp³-hybridized carbons (Fsp3) is 0. The van der Waals surface area contributed by atoms with Crippen LogP contribution in [0.2, 0.25) is 0 Å². The normalized spacial score (nSPS) is 12.8. The Kier molecular flexibility index (Phi) is 10.6. The highest BCUT2D eigenvalue weighted by Crippen LogP contribution is 2.49. The van der Waals surface area contributed by atoms with Gasteiger partial charge in [-0.25, -0.2) is 0 Å². The number of benzene rings is 14. The summed E-state index contributed by atoms with van der Waals surface area (Å²) in [6.45, 7) is -0.152. The molecule has 18 aromatic rings. The van der Waals surface area contributed by atoms with Crippen molar-refractivity contribution in [1.29, 1.82) is 0 Å². The van der Waals surface area contributed by atoms with Crippen LogP contribution in [0.15, 0.2) is 322 Å². The van der Waals surface area contributed by atoms with Gasteiger partial charge in [0.05, 0.1) is 44.1 Å². The van der Waals surface area contributed by atoms with Crippen LogP contribution in [-0.4, -0.2) is 25.0 Å². The quantitative estimate of drug-likeness (QED) is 0.149. The molecule has 0 atom stereocenters. The van der Waals surface area contributed by atoms with Crippen molar-refractivity contribution in [3.05, 3.63) is 322 Å². The van der Waals surface area contributed by atoms with Crippen molar-refractivity contribution in [2.75, 3.05) is 9.80 Å². The van der Waals surface area contributed by atoms with E-state index in [1.165, 1.54) is 104 Å². The second kappa shape index (κ2) is 19.2. The molecule has 0 spiro atoms. The van der Waals surface area contributed by atoms with Gasteiger partial charge >= 0.3 is 0 Å². The van der Waals surface area contributed by atoms with Crippen LogP contribution in [0, 0.1) is 0 Å². The van der Waals surface area contributed by atoms with Crippen LogP contribution in [0.25, 0.3) is 121 Å². The molecule has 0 N–H and O–H groups in total. The summed E-state index contributed by atoms with van der Waals surface area (Å²) in [5, 5.41) is 9.92. The lowest BCUT2D eigenvalue weighted by Crippen LogP contribution is -2.61. The number of aromatic nitrogens is 4. The van der Waals surface area contributed by atoms with Gasteiger partial charge in [0.25, 0.3) is 6.71 Å². The topological polar surface area (TPSA) is 26.2 Å². The highest BCUT2D eigenvalue weighted by atomic mass is 15.2. The van der Waals surface area contributed by atoms with E-state index in [9.17, 15) is 0 Å². The zero-order chi connectivity index (χ0) is 59.4. The highest BCUT2D eigenvalue weighted by Gasteiger charge is 2.44. The lowest BCUT2D eigenvalue weighted by atomic mass is 9.33. The number of rotatable bonds is 7. The second-order valence-corrected chi connectivity index (χ2v) is 24.4. The first-order chi connectivity index (χ1) is 45.2. The largest absolute Gasteiger partial charge is 0.311 e. The lowest BCUT2D eigenvalue weighted by Gasteiger charge is -2.44. The first kappa shape index (κ1) is 50.0. The van der Waals surface area contributed by atoms with Crippen molar-refractivity contribution in [1.82, 2.24) is 18.3 Å². The Morgan fingerprint density at radius 3 is 0.747 bits per heavy atom. The summed E-state index contributed by atoms with van der Waals surface area (Å²) < 4.78 is 9.77. The van der Waals surface area contributed by atoms with Gasteiger partial charge < -0.3 is 28.1 Å². The van der Waals surface area contributed by atoms with E-state index in [2.05, 4.69) is 350 Å². The Balaban J connectivity index is 0.867. The van der Waals surface area contributed by atoms with E-state index < -0.39 is 0 Å². The molecule has 4 aromatic heterocycles. The zero-order valence-corrected chi connectivity index (χ0v) is 49.4. The molecule has 422 valence electrons. The van der Waals surface area contributed by atoms with Crippen molar-refractivity contribution in [2.24, 2.45) is 0 Å². The fourth-order valence-electron chi connectivity index (χ4n) is 15.9. The smallest absolute Gasteiger partial charge is 0.252 e. The van der Waals surface area contributed by atoms with Gasteiger partial charge in [-0.2, -0.15) is 0 Å². The highest BCUT2D eigenvalue weighted by molar-refractivity contribution is 7.00. The molecular weight excluding hydrogens is 1100 g/mol. The molecule has 0 saturated heterocycles. The molecule has 0 fully saturated rings. The number of anilines is 6. The van der Waals surface area contributed by atoms with E-state index in [4.69, 9.17) is 0 Å². The van der Waals surface area contributed by atoms with Crippen molar-refractivity contribution < 1.29 is 0 Å². The SMILES string of the molecule is c1ccc(-c2cc3c4c(c2)N(c2ccc(-n5c6ccccc6c6ccccc65)cc2)c2cc(-n5c6ccccc6c6ccccc65)ccc2B4c2ccc(-n4c5ccccc5c5ccccc54)cc2N3c2ccc(-n3c4ccccc4c4ccccc43)cc2)cc1. The number of fused-ring (bicyclic) bond motifs is 16. The molecule has 0 saturated carbocycles. The summed E-state index contributed by atoms with van der Waals surface area (Å²) in [5.41, 5.74) is 26.6. The summed E-state index contributed by atoms with van der Waals surface area (Å²) in [7, 11) is 0. The minimum atomic E-state index is -0.152. The molecule has 20 rings (SSSR count). The predicted molar refractivity (Wildman–Crippen MR) is 383 cm³/mol. The molecule has 6 heterocycles. The van der Waals surface area contributed by atoms with Crippen molar-refractivity contribution in [3.8, 4) is 33.9 Å². The van der Waals surface area contributed by atoms with Gasteiger partial charge in [-0.15, -0.1) is 0 Å². The van der Waals surface area contributed by atoms with Crippen molar-refractivity contribution >= 4 is 144 Å². The van der Waals surface area contributed by atoms with E-state index in [0.717, 1.165) is 68.0 Å². The van der Waals surface area contributed by atoms with E-state index in [1.807, 2.05) is 0 Å². The van der Waals surface area contributed by atoms with E-state index in [1.54, 1.807) is 0 Å². The summed E-state index contributed by atoms with van der Waals surface area (Å²) in [6.07, 6.45) is 0. The standard InChI is InChI=1S/C84H53BN6/c1-2-20-54(21-3-1)55-50-82-84-83(51-55)89(59-44-40-57(41-45-59)87-74-32-14-6-24-64(74)65-25-7-15-33-75(65)87)81-53-61(91-78-36-18-10-28-68(78)69-29-11-19-37-79(69)91)47-49-71(81)85(84)70-48-46-60(90-76-34-16-8-26-66(76)67-27-9-17-35-77(67)90)52-80(70)88(82)58-42-38-56(39-43-58)86-72-30-12-4-22-62(72)63-23-5-13-31-73(63)86/h1-53H. The Labute approximate surface area is 524 Å². The van der Waals surface area contributed by atoms with Crippen LogP contribution >= 0.6 is 0 Å². The lowest BCUT2D eigenvalue weighted by molar-refractivity contribution is 1.16. The predicted octanol–water partition coefficient (Wildman–Crippen LogP) is 19.8. The van der Waals surface area contributed by atoms with Gasteiger partial charge in [0, 0.05) is 100.0 Å². The van der Waals surface area contributed by atoms with Gasteiger partial charge in [-0.3, -0.25) is 0 Å². The zero-order valence-electron chi connectivity index (χ0n) is 49.4. The fourth-order valence-corrected chi connectivity index (χ4v) is 15.9. The Hall–Kier alpha value is -12.1. The molecule has 0 aliphatic carbocycles. The Bertz CT molecular complexity index is 5490. The molecule has 6 nitrogen and oxygen atoms in total. The van der Waals surface area contributed by atoms with Crippen LogP contribution in [0.1, 0.15) is 0 Å². The van der Waals surface area contributed by atoms with Crippen LogP contribution < -0.4 is 26.2 Å². The maximum Gasteiger partial charge on any atom is 0.252 e. The minimum absolute atomic E-state index is 0.152. The molecule has 0 amide bonds. The van der Waals surface area contributed by atoms with Gasteiger partial charge in [-0.1, -0.05) is 188 Å². The first-order valence-corrected chi connectivity index (χ1v) is 31.4. The number of para-hydroxylation sites is 8. The summed E-state index contributed by atoms with van der Waals surface area (Å²) >= 11 is 0. The third-order valence-corrected chi connectivity index (χ3v) is 19.7. The second-order valence-electron chi connectivity index (χ2n) is 24.4. The molecule has 14 aromatic carbocycles. The number of hydrogen-bond donors (Lipinski definition) is 0. The summed E-state index contributed by atoms with van der Waals surface area (Å²) in [5.74, 6) is 0. The Morgan fingerprint density at radius 1 is 0.187 bits per heavy atom. The van der Waals surface area contributed by atoms with Crippen LogP contribution in [0.5, 0.6) is 0 Å². The average molecular weight is 1160 g/mol. The monoisotopic (exact) mass is 1160 g/mol. The average Bonchev–Trinajstić information content (AvgIpc) is 1.57. The van der Waals surface area contributed by atoms with Crippen molar-refractivity contribution in [2.45, 2.75) is 0 Å². The van der Waals surface area contributed by atoms with Gasteiger partial charge in [-0.05, 0) is 161 Å². The van der Waals surface area contributed by atoms with E-state index >= 15 is 0 Å². The third-order valence-electron chi connectivity index (χ3n) is 19.7. The number of nitrogens with zero attached hydrogens (tertiary/aromatic N) is 6. The minimum Gasteiger partial charge on any atom is -0.311 e. The Morgan fingerprint density at radius 2 is 0.440 bits per heavy atom. The summed E-state index contributed by atoms with van der Waals surface area (Å²) in [4.78, 5) is 5.15. The molecule has 0 unspecified atom stereocenters. The van der Waals surface area contributed by atoms with Crippen LogP contribution in [0.3, 0.4) is 0 Å². The van der Waals surface area contributed by atoms with Gasteiger partial charge in [0.1, 0.15) is 0 Å². The van der Waals surface area contributed by atoms with Crippen molar-refractivity contribution in [3.63, 3.8) is 0 Å². The first-order valence-electron chi connectivity index (χ1n) is 31.4. The molecular formula is C84H53BN6. The maximum atomic E-state index is 2.57. The van der Waals surface area contributed by atoms with E-state index in [0.29, 0.717) is 0 Å². The van der Waals surface area contributed by atoms with Crippen LogP contribution in [-0.2, 0) is 0 Å². The van der Waals surface area contributed by atoms with Crippen LogP contribution in [0.4, 0.5) is 34.1 Å². The van der Waals surface area contributed by atoms with Gasteiger partial charge in [0.2, 0.25) is 0 Å². The molecule has 7 heteroatoms.